The molecule has 0 aromatic carbocycles. The van der Waals surface area contributed by atoms with Gasteiger partial charge >= 0.3 is 0 Å². The van der Waals surface area contributed by atoms with E-state index in [9.17, 15) is 0 Å². The van der Waals surface area contributed by atoms with Gasteiger partial charge in [0.1, 0.15) is 0 Å². The quantitative estimate of drug-likeness (QED) is 0.741. The minimum Gasteiger partial charge on any atom is -0.447 e. The van der Waals surface area contributed by atoms with Gasteiger partial charge in [-0.05, 0) is 12.5 Å². The van der Waals surface area contributed by atoms with Gasteiger partial charge in [0, 0.05) is 17.7 Å². The summed E-state index contributed by atoms with van der Waals surface area (Å²) in [5, 5.41) is 8.82. The van der Waals surface area contributed by atoms with Crippen LogP contribution >= 0.6 is 0 Å². The van der Waals surface area contributed by atoms with Crippen molar-refractivity contribution < 1.29 is 14.6 Å². The number of nitrogens with zero attached hydrogens (tertiary/aromatic N) is 1. The predicted molar refractivity (Wildman–Crippen MR) is 65.8 cm³/mol. The largest absolute Gasteiger partial charge is 0.447 e. The Morgan fingerprint density at radius 2 is 2.18 bits per heavy atom. The van der Waals surface area contributed by atoms with Crippen molar-refractivity contribution in [1.82, 2.24) is 4.98 Å². The Morgan fingerprint density at radius 1 is 1.41 bits per heavy atom. The van der Waals surface area contributed by atoms with Crippen LogP contribution in [0, 0.1) is 5.41 Å². The summed E-state index contributed by atoms with van der Waals surface area (Å²) in [5.41, 5.74) is -0.132. The second-order valence-corrected chi connectivity index (χ2v) is 4.55. The fourth-order valence-corrected chi connectivity index (χ4v) is 1.27. The highest BCUT2D eigenvalue weighted by Gasteiger charge is 2.30. The van der Waals surface area contributed by atoms with Crippen molar-refractivity contribution in [3.63, 3.8) is 0 Å². The van der Waals surface area contributed by atoms with Gasteiger partial charge in [-0.2, -0.15) is 0 Å². The van der Waals surface area contributed by atoms with Crippen LogP contribution in [0.3, 0.4) is 0 Å². The van der Waals surface area contributed by atoms with Gasteiger partial charge in [-0.15, -0.1) is 0 Å². The van der Waals surface area contributed by atoms with Gasteiger partial charge in [0.2, 0.25) is 12.2 Å². The molecule has 1 aromatic rings. The summed E-state index contributed by atoms with van der Waals surface area (Å²) in [6, 6.07) is 5.49. The smallest absolute Gasteiger partial charge is 0.215 e. The Balaban J connectivity index is 2.70. The second kappa shape index (κ2) is 6.57. The van der Waals surface area contributed by atoms with Crippen LogP contribution < -0.4 is 4.74 Å². The molecule has 1 atom stereocenters. The topological polar surface area (TPSA) is 51.6 Å². The highest BCUT2D eigenvalue weighted by Crippen LogP contribution is 2.28. The highest BCUT2D eigenvalue weighted by molar-refractivity contribution is 5.09. The van der Waals surface area contributed by atoms with Crippen molar-refractivity contribution in [2.75, 3.05) is 13.2 Å². The SMILES string of the molecule is CCC(C)(C)C(OCCO)Oc1ccccn1. The van der Waals surface area contributed by atoms with Gasteiger partial charge in [-0.3, -0.25) is 0 Å². The summed E-state index contributed by atoms with van der Waals surface area (Å²) < 4.78 is 11.3. The summed E-state index contributed by atoms with van der Waals surface area (Å²) in [7, 11) is 0. The molecule has 96 valence electrons. The minimum atomic E-state index is -0.408. The summed E-state index contributed by atoms with van der Waals surface area (Å²) in [6.07, 6.45) is 2.18. The monoisotopic (exact) mass is 239 g/mol. The predicted octanol–water partition coefficient (Wildman–Crippen LogP) is 2.23. The van der Waals surface area contributed by atoms with E-state index in [2.05, 4.69) is 25.8 Å². The molecule has 0 saturated carbocycles. The molecule has 1 unspecified atom stereocenters. The lowest BCUT2D eigenvalue weighted by Crippen LogP contribution is -2.37. The molecule has 0 bridgehead atoms. The first kappa shape index (κ1) is 13.9. The standard InChI is InChI=1S/C13H21NO3/c1-4-13(2,3)12(16-10-9-15)17-11-7-5-6-8-14-11/h5-8,12,15H,4,9-10H2,1-3H3. The molecule has 1 rings (SSSR count). The number of aliphatic hydroxyl groups excluding tert-OH is 1. The Bertz CT molecular complexity index is 314. The number of hydrogen-bond donors (Lipinski definition) is 1. The van der Waals surface area contributed by atoms with Crippen LogP contribution in [0.2, 0.25) is 0 Å². The molecule has 4 nitrogen and oxygen atoms in total. The Hall–Kier alpha value is -1.13. The molecular formula is C13H21NO3. The molecule has 1 heterocycles. The molecule has 0 spiro atoms. The van der Waals surface area contributed by atoms with Gasteiger partial charge in [-0.1, -0.05) is 26.8 Å². The summed E-state index contributed by atoms with van der Waals surface area (Å²) in [5.74, 6) is 0.539. The van der Waals surface area contributed by atoms with Gasteiger partial charge in [0.15, 0.2) is 0 Å². The van der Waals surface area contributed by atoms with E-state index < -0.39 is 6.29 Å². The molecule has 1 N–H and O–H groups in total. The summed E-state index contributed by atoms with van der Waals surface area (Å²) in [6.45, 7) is 6.47. The first-order chi connectivity index (χ1) is 8.10. The normalized spacial score (nSPS) is 13.4. The van der Waals surface area contributed by atoms with Crippen LogP contribution in [0.15, 0.2) is 24.4 Å². The third-order valence-corrected chi connectivity index (χ3v) is 2.78. The van der Waals surface area contributed by atoms with E-state index in [1.165, 1.54) is 0 Å². The molecular weight excluding hydrogens is 218 g/mol. The van der Waals surface area contributed by atoms with Crippen LogP contribution in [0.25, 0.3) is 0 Å². The van der Waals surface area contributed by atoms with E-state index in [4.69, 9.17) is 14.6 Å². The number of aliphatic hydroxyl groups is 1. The van der Waals surface area contributed by atoms with Crippen LogP contribution in [0.4, 0.5) is 0 Å². The second-order valence-electron chi connectivity index (χ2n) is 4.55. The molecule has 1 aromatic heterocycles. The van der Waals surface area contributed by atoms with Crippen LogP contribution in [-0.2, 0) is 4.74 Å². The lowest BCUT2D eigenvalue weighted by Gasteiger charge is -2.32. The highest BCUT2D eigenvalue weighted by atomic mass is 16.7. The van der Waals surface area contributed by atoms with Crippen LogP contribution in [0.5, 0.6) is 5.88 Å². The molecule has 0 aliphatic carbocycles. The van der Waals surface area contributed by atoms with Crippen molar-refractivity contribution in [3.8, 4) is 5.88 Å². The molecule has 0 aliphatic rings. The summed E-state index contributed by atoms with van der Waals surface area (Å²) in [4.78, 5) is 4.11. The van der Waals surface area contributed by atoms with E-state index in [1.54, 1.807) is 12.3 Å². The average molecular weight is 239 g/mol. The number of pyridine rings is 1. The number of rotatable bonds is 7. The van der Waals surface area contributed by atoms with E-state index >= 15 is 0 Å². The molecule has 4 heteroatoms. The van der Waals surface area contributed by atoms with Crippen molar-refractivity contribution in [2.45, 2.75) is 33.5 Å². The summed E-state index contributed by atoms with van der Waals surface area (Å²) >= 11 is 0. The maximum absolute atomic E-state index is 8.82. The maximum atomic E-state index is 8.82. The van der Waals surface area contributed by atoms with E-state index in [-0.39, 0.29) is 18.6 Å². The fraction of sp³-hybridized carbons (Fsp3) is 0.615. The van der Waals surface area contributed by atoms with Gasteiger partial charge in [0.05, 0.1) is 13.2 Å². The molecule has 17 heavy (non-hydrogen) atoms. The number of ether oxygens (including phenoxy) is 2. The van der Waals surface area contributed by atoms with Crippen molar-refractivity contribution in [2.24, 2.45) is 5.41 Å². The molecule has 0 amide bonds. The first-order valence-electron chi connectivity index (χ1n) is 5.90. The molecule has 0 saturated heterocycles. The zero-order valence-corrected chi connectivity index (χ0v) is 10.7. The fourth-order valence-electron chi connectivity index (χ4n) is 1.27. The van der Waals surface area contributed by atoms with Crippen LogP contribution in [-0.4, -0.2) is 29.6 Å². The van der Waals surface area contributed by atoms with Gasteiger partial charge in [0.25, 0.3) is 0 Å². The van der Waals surface area contributed by atoms with E-state index in [1.807, 2.05) is 12.1 Å². The number of hydrogen-bond acceptors (Lipinski definition) is 4. The Labute approximate surface area is 103 Å². The van der Waals surface area contributed by atoms with Gasteiger partial charge in [-0.25, -0.2) is 4.98 Å². The number of aromatic nitrogens is 1. The van der Waals surface area contributed by atoms with Crippen molar-refractivity contribution >= 4 is 0 Å². The van der Waals surface area contributed by atoms with Crippen molar-refractivity contribution in [3.05, 3.63) is 24.4 Å². The van der Waals surface area contributed by atoms with Gasteiger partial charge < -0.3 is 14.6 Å². The lowest BCUT2D eigenvalue weighted by molar-refractivity contribution is -0.154. The van der Waals surface area contributed by atoms with E-state index in [0.29, 0.717) is 5.88 Å². The molecule has 0 aliphatic heterocycles. The zero-order valence-electron chi connectivity index (χ0n) is 10.7. The minimum absolute atomic E-state index is 0.0120. The van der Waals surface area contributed by atoms with Crippen LogP contribution in [0.1, 0.15) is 27.2 Å². The third-order valence-electron chi connectivity index (χ3n) is 2.78. The zero-order chi connectivity index (χ0) is 12.7. The van der Waals surface area contributed by atoms with Crippen molar-refractivity contribution in [1.29, 1.82) is 0 Å². The first-order valence-corrected chi connectivity index (χ1v) is 5.90. The molecule has 0 radical (unpaired) electrons. The lowest BCUT2D eigenvalue weighted by atomic mass is 9.89. The Morgan fingerprint density at radius 3 is 2.71 bits per heavy atom. The average Bonchev–Trinajstić information content (AvgIpc) is 2.35. The molecule has 0 fully saturated rings. The Kier molecular flexibility index (Phi) is 5.38. The third kappa shape index (κ3) is 4.32. The van der Waals surface area contributed by atoms with E-state index in [0.717, 1.165) is 6.42 Å². The maximum Gasteiger partial charge on any atom is 0.215 e.